The van der Waals surface area contributed by atoms with E-state index in [0.717, 1.165) is 0 Å². The maximum Gasteiger partial charge on any atom is 0.335 e. The summed E-state index contributed by atoms with van der Waals surface area (Å²) in [6.45, 7) is 3.50. The van der Waals surface area contributed by atoms with Crippen LogP contribution in [0.25, 0.3) is 0 Å². The maximum absolute atomic E-state index is 12.4. The van der Waals surface area contributed by atoms with Crippen molar-refractivity contribution in [3.63, 3.8) is 0 Å². The molecule has 0 aliphatic rings. The van der Waals surface area contributed by atoms with Crippen LogP contribution in [0.1, 0.15) is 37.4 Å². The summed E-state index contributed by atoms with van der Waals surface area (Å²) in [6, 6.07) is 12.0. The highest BCUT2D eigenvalue weighted by molar-refractivity contribution is 6.10. The van der Waals surface area contributed by atoms with Gasteiger partial charge in [0.05, 0.1) is 5.56 Å². The summed E-state index contributed by atoms with van der Waals surface area (Å²) in [5.74, 6) is -1.06. The zero-order chi connectivity index (χ0) is 14.0. The Hall–Kier alpha value is -2.42. The third kappa shape index (κ3) is 2.40. The molecule has 0 amide bonds. The number of hydrogen-bond acceptors (Lipinski definition) is 2. The van der Waals surface area contributed by atoms with Gasteiger partial charge in [-0.1, -0.05) is 30.3 Å². The van der Waals surface area contributed by atoms with Crippen molar-refractivity contribution in [2.24, 2.45) is 0 Å². The molecule has 0 aliphatic heterocycles. The van der Waals surface area contributed by atoms with E-state index in [-0.39, 0.29) is 11.3 Å². The second-order valence-electron chi connectivity index (χ2n) is 4.41. The minimum absolute atomic E-state index is 0.0851. The number of rotatable bonds is 3. The highest BCUT2D eigenvalue weighted by Gasteiger charge is 2.16. The minimum Gasteiger partial charge on any atom is -0.478 e. The summed E-state index contributed by atoms with van der Waals surface area (Å²) in [5, 5.41) is 9.05. The van der Waals surface area contributed by atoms with Gasteiger partial charge in [0.2, 0.25) is 0 Å². The summed E-state index contributed by atoms with van der Waals surface area (Å²) in [6.07, 6.45) is 0. The first kappa shape index (κ1) is 13.0. The number of carbonyl (C=O) groups excluding carboxylic acids is 1. The third-order valence-electron chi connectivity index (χ3n) is 3.30. The monoisotopic (exact) mass is 254 g/mol. The summed E-state index contributed by atoms with van der Waals surface area (Å²) in [5.41, 5.74) is 2.74. The number of carbonyl (C=O) groups is 2. The van der Waals surface area contributed by atoms with E-state index < -0.39 is 5.97 Å². The van der Waals surface area contributed by atoms with Gasteiger partial charge in [-0.15, -0.1) is 0 Å². The minimum atomic E-state index is -0.973. The molecule has 3 heteroatoms. The summed E-state index contributed by atoms with van der Waals surface area (Å²) in [7, 11) is 0. The molecule has 96 valence electrons. The lowest BCUT2D eigenvalue weighted by Crippen LogP contribution is -2.08. The van der Waals surface area contributed by atoms with Gasteiger partial charge in [0.1, 0.15) is 0 Å². The van der Waals surface area contributed by atoms with Crippen molar-refractivity contribution < 1.29 is 14.7 Å². The van der Waals surface area contributed by atoms with Crippen molar-refractivity contribution in [1.82, 2.24) is 0 Å². The molecular formula is C16H14O3. The molecule has 0 aromatic heterocycles. The lowest BCUT2D eigenvalue weighted by molar-refractivity contribution is 0.0695. The Bertz CT molecular complexity index is 643. The van der Waals surface area contributed by atoms with Crippen molar-refractivity contribution in [2.75, 3.05) is 0 Å². The molecule has 0 radical (unpaired) electrons. The fraction of sp³-hybridized carbons (Fsp3) is 0.125. The Morgan fingerprint density at radius 1 is 0.842 bits per heavy atom. The normalized spacial score (nSPS) is 10.2. The Kier molecular flexibility index (Phi) is 3.47. The second kappa shape index (κ2) is 5.06. The van der Waals surface area contributed by atoms with Crippen LogP contribution in [0.2, 0.25) is 0 Å². The van der Waals surface area contributed by atoms with Crippen molar-refractivity contribution >= 4 is 11.8 Å². The average Bonchev–Trinajstić information content (AvgIpc) is 2.41. The lowest BCUT2D eigenvalue weighted by Gasteiger charge is -2.10. The molecule has 0 unspecified atom stereocenters. The molecule has 2 aromatic rings. The number of carboxylic acids is 1. The second-order valence-corrected chi connectivity index (χ2v) is 4.41. The Morgan fingerprint density at radius 2 is 1.37 bits per heavy atom. The van der Waals surface area contributed by atoms with E-state index in [0.29, 0.717) is 22.3 Å². The van der Waals surface area contributed by atoms with Gasteiger partial charge in [0.25, 0.3) is 0 Å². The van der Waals surface area contributed by atoms with Crippen LogP contribution in [-0.2, 0) is 0 Å². The van der Waals surface area contributed by atoms with E-state index in [1.54, 1.807) is 44.2 Å². The molecule has 0 atom stereocenters. The van der Waals surface area contributed by atoms with Gasteiger partial charge in [-0.05, 0) is 37.1 Å². The van der Waals surface area contributed by atoms with Crippen LogP contribution < -0.4 is 0 Å². The molecule has 0 saturated carbocycles. The molecule has 0 spiro atoms. The van der Waals surface area contributed by atoms with E-state index in [4.69, 9.17) is 5.11 Å². The summed E-state index contributed by atoms with van der Waals surface area (Å²) >= 11 is 0. The Balaban J connectivity index is 2.51. The van der Waals surface area contributed by atoms with Crippen molar-refractivity contribution in [1.29, 1.82) is 0 Å². The smallest absolute Gasteiger partial charge is 0.335 e. The number of hydrogen-bond donors (Lipinski definition) is 1. The Morgan fingerprint density at radius 3 is 1.95 bits per heavy atom. The topological polar surface area (TPSA) is 54.4 Å². The van der Waals surface area contributed by atoms with Crippen molar-refractivity contribution in [3.05, 3.63) is 70.3 Å². The molecule has 19 heavy (non-hydrogen) atoms. The van der Waals surface area contributed by atoms with Crippen LogP contribution in [-0.4, -0.2) is 16.9 Å². The first-order valence-corrected chi connectivity index (χ1v) is 5.95. The average molecular weight is 254 g/mol. The van der Waals surface area contributed by atoms with E-state index in [2.05, 4.69) is 0 Å². The Labute approximate surface area is 111 Å². The van der Waals surface area contributed by atoms with Gasteiger partial charge in [-0.2, -0.15) is 0 Å². The van der Waals surface area contributed by atoms with Crippen LogP contribution in [0.5, 0.6) is 0 Å². The van der Waals surface area contributed by atoms with Crippen LogP contribution in [0, 0.1) is 13.8 Å². The van der Waals surface area contributed by atoms with Gasteiger partial charge in [-0.3, -0.25) is 4.79 Å². The zero-order valence-corrected chi connectivity index (χ0v) is 10.8. The predicted molar refractivity (Wildman–Crippen MR) is 72.7 cm³/mol. The fourth-order valence-corrected chi connectivity index (χ4v) is 2.04. The van der Waals surface area contributed by atoms with Gasteiger partial charge in [-0.25, -0.2) is 4.79 Å². The molecular weight excluding hydrogens is 240 g/mol. The molecule has 0 aliphatic carbocycles. The highest BCUT2D eigenvalue weighted by Crippen LogP contribution is 2.20. The quantitative estimate of drug-likeness (QED) is 0.855. The van der Waals surface area contributed by atoms with Gasteiger partial charge < -0.3 is 5.11 Å². The van der Waals surface area contributed by atoms with E-state index in [1.807, 2.05) is 6.07 Å². The summed E-state index contributed by atoms with van der Waals surface area (Å²) in [4.78, 5) is 23.4. The van der Waals surface area contributed by atoms with Gasteiger partial charge >= 0.3 is 5.97 Å². The van der Waals surface area contributed by atoms with Crippen LogP contribution >= 0.6 is 0 Å². The molecule has 3 nitrogen and oxygen atoms in total. The first-order valence-electron chi connectivity index (χ1n) is 5.95. The van der Waals surface area contributed by atoms with Crippen LogP contribution in [0.4, 0.5) is 0 Å². The molecule has 2 aromatic carbocycles. The zero-order valence-electron chi connectivity index (χ0n) is 10.8. The molecule has 1 N–H and O–H groups in total. The number of aromatic carboxylic acids is 1. The maximum atomic E-state index is 12.4. The molecule has 0 fully saturated rings. The molecule has 0 bridgehead atoms. The number of carboxylic acid groups (broad SMARTS) is 1. The predicted octanol–water partition coefficient (Wildman–Crippen LogP) is 3.23. The van der Waals surface area contributed by atoms with E-state index in [9.17, 15) is 9.59 Å². The van der Waals surface area contributed by atoms with Crippen molar-refractivity contribution in [2.45, 2.75) is 13.8 Å². The first-order chi connectivity index (χ1) is 9.02. The molecule has 0 heterocycles. The van der Waals surface area contributed by atoms with Gasteiger partial charge in [0, 0.05) is 11.1 Å². The largest absolute Gasteiger partial charge is 0.478 e. The lowest BCUT2D eigenvalue weighted by atomic mass is 9.93. The van der Waals surface area contributed by atoms with Crippen LogP contribution in [0.15, 0.2) is 42.5 Å². The standard InChI is InChI=1S/C16H14O3/c1-10-11(2)14(16(18)19)9-8-13(10)15(17)12-6-4-3-5-7-12/h3-9H,1-2H3,(H,18,19). The fourth-order valence-electron chi connectivity index (χ4n) is 2.04. The number of ketones is 1. The number of benzene rings is 2. The van der Waals surface area contributed by atoms with E-state index in [1.165, 1.54) is 6.07 Å². The van der Waals surface area contributed by atoms with E-state index >= 15 is 0 Å². The molecule has 0 saturated heterocycles. The van der Waals surface area contributed by atoms with Gasteiger partial charge in [0.15, 0.2) is 5.78 Å². The van der Waals surface area contributed by atoms with Crippen LogP contribution in [0.3, 0.4) is 0 Å². The SMILES string of the molecule is Cc1c(C(=O)O)ccc(C(=O)c2ccccc2)c1C. The van der Waals surface area contributed by atoms with Crippen molar-refractivity contribution in [3.8, 4) is 0 Å². The summed E-state index contributed by atoms with van der Waals surface area (Å²) < 4.78 is 0. The third-order valence-corrected chi connectivity index (χ3v) is 3.30. The molecule has 2 rings (SSSR count). The highest BCUT2D eigenvalue weighted by atomic mass is 16.4.